The van der Waals surface area contributed by atoms with E-state index in [9.17, 15) is 0 Å². The first-order valence-corrected chi connectivity index (χ1v) is 7.85. The van der Waals surface area contributed by atoms with Gasteiger partial charge in [0.1, 0.15) is 0 Å². The van der Waals surface area contributed by atoms with E-state index < -0.39 is 0 Å². The van der Waals surface area contributed by atoms with E-state index >= 15 is 0 Å². The third kappa shape index (κ3) is 2.70. The summed E-state index contributed by atoms with van der Waals surface area (Å²) in [7, 11) is 0. The van der Waals surface area contributed by atoms with Crippen LogP contribution in [0.1, 0.15) is 6.42 Å². The molecule has 2 heteroatoms. The summed E-state index contributed by atoms with van der Waals surface area (Å²) >= 11 is 3.92. The Balaban J connectivity index is 2.02. The third-order valence-electron chi connectivity index (χ3n) is 2.87. The first-order valence-electron chi connectivity index (χ1n) is 5.88. The van der Waals surface area contributed by atoms with Crippen molar-refractivity contribution in [2.75, 3.05) is 11.5 Å². The minimum atomic E-state index is 1.21. The van der Waals surface area contributed by atoms with Crippen LogP contribution in [0.5, 0.6) is 0 Å². The lowest BCUT2D eigenvalue weighted by atomic mass is 10.1. The van der Waals surface area contributed by atoms with Gasteiger partial charge in [-0.25, -0.2) is 0 Å². The van der Waals surface area contributed by atoms with Crippen molar-refractivity contribution in [3.63, 3.8) is 0 Å². The van der Waals surface area contributed by atoms with Crippen LogP contribution < -0.4 is 0 Å². The summed E-state index contributed by atoms with van der Waals surface area (Å²) < 4.78 is 0. The minimum Gasteiger partial charge on any atom is -0.126 e. The molecule has 0 saturated carbocycles. The smallest absolute Gasteiger partial charge is 0.00723 e. The molecule has 0 N–H and O–H groups in total. The lowest BCUT2D eigenvalue weighted by Gasteiger charge is -2.03. The summed E-state index contributed by atoms with van der Waals surface area (Å²) in [5.41, 5.74) is 2.62. The fourth-order valence-electron chi connectivity index (χ4n) is 1.93. The first-order chi connectivity index (χ1) is 8.42. The highest BCUT2D eigenvalue weighted by Gasteiger charge is 2.02. The van der Waals surface area contributed by atoms with E-state index in [1.54, 1.807) is 0 Å². The molecule has 2 aromatic rings. The Hall–Kier alpha value is -0.860. The molecule has 4 aliphatic rings. The summed E-state index contributed by atoms with van der Waals surface area (Å²) in [5, 5.41) is 0. The molecule has 0 amide bonds. The van der Waals surface area contributed by atoms with E-state index in [1.165, 1.54) is 38.8 Å². The van der Waals surface area contributed by atoms with Gasteiger partial charge in [-0.05, 0) is 53.3 Å². The van der Waals surface area contributed by atoms with Crippen molar-refractivity contribution in [3.05, 3.63) is 48.5 Å². The maximum Gasteiger partial charge on any atom is 0.00723 e. The summed E-state index contributed by atoms with van der Waals surface area (Å²) in [6.45, 7) is 0. The minimum absolute atomic E-state index is 1.21. The lowest BCUT2D eigenvalue weighted by Crippen LogP contribution is -1.83. The Morgan fingerprint density at radius 3 is 1.41 bits per heavy atom. The second-order valence-electron chi connectivity index (χ2n) is 4.10. The molecular weight excluding hydrogens is 244 g/mol. The van der Waals surface area contributed by atoms with Crippen LogP contribution in [0.25, 0.3) is 11.1 Å². The van der Waals surface area contributed by atoms with Gasteiger partial charge in [0.2, 0.25) is 0 Å². The zero-order valence-corrected chi connectivity index (χ0v) is 11.2. The SMILES string of the molecule is c1cc2ccc1SCCCSc1ccc-2cc1. The molecule has 0 radical (unpaired) electrons. The third-order valence-corrected chi connectivity index (χ3v) is 5.06. The Morgan fingerprint density at radius 1 is 0.588 bits per heavy atom. The topological polar surface area (TPSA) is 0 Å². The van der Waals surface area contributed by atoms with Crippen LogP contribution in [0.2, 0.25) is 0 Å². The second kappa shape index (κ2) is 5.19. The normalized spacial score (nSPS) is 15.1. The average molecular weight is 258 g/mol. The van der Waals surface area contributed by atoms with Crippen LogP contribution in [-0.2, 0) is 0 Å². The van der Waals surface area contributed by atoms with Crippen LogP contribution in [0.4, 0.5) is 0 Å². The molecule has 6 rings (SSSR count). The number of rotatable bonds is 0. The Labute approximate surface area is 111 Å². The molecule has 4 aliphatic heterocycles. The summed E-state index contributed by atoms with van der Waals surface area (Å²) in [6.07, 6.45) is 1.26. The van der Waals surface area contributed by atoms with Crippen molar-refractivity contribution >= 4 is 23.5 Å². The predicted octanol–water partition coefficient (Wildman–Crippen LogP) is 4.94. The molecule has 2 aromatic carbocycles. The van der Waals surface area contributed by atoms with Crippen molar-refractivity contribution in [2.24, 2.45) is 0 Å². The fourth-order valence-corrected chi connectivity index (χ4v) is 3.81. The first kappa shape index (κ1) is 11.2. The van der Waals surface area contributed by atoms with Crippen molar-refractivity contribution in [2.45, 2.75) is 16.2 Å². The number of hydrogen-bond acceptors (Lipinski definition) is 2. The van der Waals surface area contributed by atoms with Crippen LogP contribution in [0.15, 0.2) is 58.3 Å². The maximum absolute atomic E-state index is 2.24. The molecule has 0 saturated heterocycles. The molecule has 4 heterocycles. The predicted molar refractivity (Wildman–Crippen MR) is 77.9 cm³/mol. The molecule has 0 nitrogen and oxygen atoms in total. The molecule has 86 valence electrons. The van der Waals surface area contributed by atoms with Gasteiger partial charge in [-0.1, -0.05) is 24.3 Å². The molecule has 4 bridgehead atoms. The van der Waals surface area contributed by atoms with Gasteiger partial charge >= 0.3 is 0 Å². The Bertz CT molecular complexity index is 438. The van der Waals surface area contributed by atoms with E-state index in [0.717, 1.165) is 0 Å². The number of thioether (sulfide) groups is 2. The van der Waals surface area contributed by atoms with Crippen LogP contribution >= 0.6 is 23.5 Å². The molecule has 17 heavy (non-hydrogen) atoms. The van der Waals surface area contributed by atoms with Crippen molar-refractivity contribution in [1.29, 1.82) is 0 Å². The highest BCUT2D eigenvalue weighted by molar-refractivity contribution is 8.00. The van der Waals surface area contributed by atoms with E-state index in [0.29, 0.717) is 0 Å². The largest absolute Gasteiger partial charge is 0.126 e. The highest BCUT2D eigenvalue weighted by Crippen LogP contribution is 2.29. The maximum atomic E-state index is 2.24. The van der Waals surface area contributed by atoms with E-state index in [2.05, 4.69) is 48.5 Å². The second-order valence-corrected chi connectivity index (χ2v) is 6.44. The zero-order chi connectivity index (χ0) is 11.5. The highest BCUT2D eigenvalue weighted by atomic mass is 32.2. The van der Waals surface area contributed by atoms with Gasteiger partial charge in [-0.3, -0.25) is 0 Å². The van der Waals surface area contributed by atoms with Crippen LogP contribution in [-0.4, -0.2) is 11.5 Å². The lowest BCUT2D eigenvalue weighted by molar-refractivity contribution is 1.12. The van der Waals surface area contributed by atoms with Crippen LogP contribution in [0, 0.1) is 0 Å². The van der Waals surface area contributed by atoms with Gasteiger partial charge < -0.3 is 0 Å². The molecule has 0 aromatic heterocycles. The van der Waals surface area contributed by atoms with E-state index in [1.807, 2.05) is 23.5 Å². The summed E-state index contributed by atoms with van der Waals surface area (Å²) in [5.74, 6) is 2.42. The van der Waals surface area contributed by atoms with Gasteiger partial charge in [-0.2, -0.15) is 0 Å². The van der Waals surface area contributed by atoms with Gasteiger partial charge in [0.15, 0.2) is 0 Å². The standard InChI is InChI=1S/C15H14S2/c1-10-16-14-6-2-12(3-7-14)13-4-8-15(9-5-13)17-11-1/h2-9H,1,10-11H2. The average Bonchev–Trinajstić information content (AvgIpc) is 2.43. The number of hydrogen-bond donors (Lipinski definition) is 0. The molecule has 0 spiro atoms. The van der Waals surface area contributed by atoms with Gasteiger partial charge in [0.05, 0.1) is 0 Å². The Morgan fingerprint density at radius 2 is 1.00 bits per heavy atom. The van der Waals surface area contributed by atoms with E-state index in [4.69, 9.17) is 0 Å². The summed E-state index contributed by atoms with van der Waals surface area (Å²) in [6, 6.07) is 17.8. The van der Waals surface area contributed by atoms with Crippen molar-refractivity contribution in [3.8, 4) is 11.1 Å². The van der Waals surface area contributed by atoms with Gasteiger partial charge in [0.25, 0.3) is 0 Å². The number of benzene rings is 2. The molecule has 0 unspecified atom stereocenters. The fraction of sp³-hybridized carbons (Fsp3) is 0.200. The quantitative estimate of drug-likeness (QED) is 0.656. The Kier molecular flexibility index (Phi) is 3.44. The summed E-state index contributed by atoms with van der Waals surface area (Å²) in [4.78, 5) is 2.77. The van der Waals surface area contributed by atoms with Gasteiger partial charge in [-0.15, -0.1) is 23.5 Å². The monoisotopic (exact) mass is 258 g/mol. The van der Waals surface area contributed by atoms with E-state index in [-0.39, 0.29) is 0 Å². The molecule has 0 aliphatic carbocycles. The molecule has 0 fully saturated rings. The van der Waals surface area contributed by atoms with Crippen molar-refractivity contribution in [1.82, 2.24) is 0 Å². The van der Waals surface area contributed by atoms with Gasteiger partial charge in [0, 0.05) is 9.79 Å². The van der Waals surface area contributed by atoms with Crippen LogP contribution in [0.3, 0.4) is 0 Å². The van der Waals surface area contributed by atoms with Crippen molar-refractivity contribution < 1.29 is 0 Å². The molecule has 0 atom stereocenters. The molecular formula is C15H14S2. The zero-order valence-electron chi connectivity index (χ0n) is 9.56.